The van der Waals surface area contributed by atoms with E-state index >= 15 is 0 Å². The zero-order valence-electron chi connectivity index (χ0n) is 16.2. The molecule has 0 aliphatic rings. The van der Waals surface area contributed by atoms with Crippen LogP contribution in [-0.2, 0) is 6.42 Å². The lowest BCUT2D eigenvalue weighted by Crippen LogP contribution is -2.11. The van der Waals surface area contributed by atoms with E-state index in [1.165, 1.54) is 0 Å². The normalized spacial score (nSPS) is 10.7. The number of fused-ring (bicyclic) bond motifs is 1. The van der Waals surface area contributed by atoms with Crippen LogP contribution in [0.1, 0.15) is 11.1 Å². The molecule has 4 aromatic rings. The summed E-state index contributed by atoms with van der Waals surface area (Å²) in [6.45, 7) is 0.734. The number of benzene rings is 3. The molecule has 0 unspecified atom stereocenters. The maximum absolute atomic E-state index is 9.28. The summed E-state index contributed by atoms with van der Waals surface area (Å²) < 4.78 is 11.6. The largest absolute Gasteiger partial charge is 0.490 e. The first kappa shape index (κ1) is 19.4. The first-order chi connectivity index (χ1) is 14.8. The Balaban J connectivity index is 1.49. The summed E-state index contributed by atoms with van der Waals surface area (Å²) in [4.78, 5) is 1.56. The molecule has 0 radical (unpaired) electrons. The minimum Gasteiger partial charge on any atom is -0.490 e. The van der Waals surface area contributed by atoms with Crippen LogP contribution in [0, 0.1) is 11.3 Å². The van der Waals surface area contributed by atoms with E-state index in [1.807, 2.05) is 42.5 Å². The maximum atomic E-state index is 9.28. The Kier molecular flexibility index (Phi) is 5.88. The molecule has 0 aliphatic carbocycles. The van der Waals surface area contributed by atoms with Gasteiger partial charge in [-0.05, 0) is 60.5 Å². The number of nitriles is 1. The monoisotopic (exact) mass is 400 g/mol. The second-order valence-corrected chi connectivity index (χ2v) is 6.59. The van der Waals surface area contributed by atoms with E-state index in [0.29, 0.717) is 42.4 Å². The number of hydrogen-bond acceptors (Lipinski definition) is 6. The van der Waals surface area contributed by atoms with Crippen LogP contribution in [0.2, 0.25) is 0 Å². The van der Waals surface area contributed by atoms with Crippen LogP contribution in [0.3, 0.4) is 0 Å². The van der Waals surface area contributed by atoms with E-state index in [1.54, 1.807) is 29.1 Å². The van der Waals surface area contributed by atoms with Crippen molar-refractivity contribution in [2.24, 2.45) is 0 Å². The molecule has 0 aliphatic heterocycles. The fraction of sp³-hybridized carbons (Fsp3) is 0.174. The van der Waals surface area contributed by atoms with E-state index in [0.717, 1.165) is 16.6 Å². The molecule has 1 N–H and O–H groups in total. The lowest BCUT2D eigenvalue weighted by atomic mass is 10.1. The summed E-state index contributed by atoms with van der Waals surface area (Å²) in [5, 5.41) is 27.2. The number of rotatable bonds is 8. The number of aliphatic hydroxyl groups excluding tert-OH is 1. The molecular weight excluding hydrogens is 380 g/mol. The highest BCUT2D eigenvalue weighted by Gasteiger charge is 2.12. The van der Waals surface area contributed by atoms with E-state index in [-0.39, 0.29) is 6.61 Å². The Morgan fingerprint density at radius 3 is 2.27 bits per heavy atom. The van der Waals surface area contributed by atoms with Gasteiger partial charge >= 0.3 is 0 Å². The quantitative estimate of drug-likeness (QED) is 0.456. The third-order valence-corrected chi connectivity index (χ3v) is 4.52. The number of hydrogen-bond donors (Lipinski definition) is 1. The van der Waals surface area contributed by atoms with Gasteiger partial charge in [0.2, 0.25) is 0 Å². The average molecular weight is 400 g/mol. The first-order valence-corrected chi connectivity index (χ1v) is 9.59. The smallest absolute Gasteiger partial charge is 0.147 e. The Bertz CT molecular complexity index is 1150. The molecule has 1 aromatic heterocycles. The van der Waals surface area contributed by atoms with Crippen LogP contribution in [-0.4, -0.2) is 39.9 Å². The van der Waals surface area contributed by atoms with Crippen LogP contribution >= 0.6 is 0 Å². The molecule has 30 heavy (non-hydrogen) atoms. The van der Waals surface area contributed by atoms with Crippen molar-refractivity contribution >= 4 is 11.0 Å². The molecule has 7 nitrogen and oxygen atoms in total. The Labute approximate surface area is 173 Å². The van der Waals surface area contributed by atoms with Crippen LogP contribution in [0.15, 0.2) is 66.7 Å². The maximum Gasteiger partial charge on any atom is 0.147 e. The standard InChI is InChI=1S/C23H20N4O3/c24-16-18-5-8-19(9-6-18)29-13-14-30-23-10-7-17(11-12-28)15-22(23)27-25-20-3-1-2-4-21(20)26-27/h1-10,15,28H,11-14H2. The predicted molar refractivity (Wildman–Crippen MR) is 112 cm³/mol. The Morgan fingerprint density at radius 1 is 0.900 bits per heavy atom. The molecule has 0 bridgehead atoms. The third-order valence-electron chi connectivity index (χ3n) is 4.52. The van der Waals surface area contributed by atoms with Gasteiger partial charge in [-0.15, -0.1) is 15.0 Å². The fourth-order valence-corrected chi connectivity index (χ4v) is 3.03. The van der Waals surface area contributed by atoms with Crippen molar-refractivity contribution in [3.05, 3.63) is 77.9 Å². The summed E-state index contributed by atoms with van der Waals surface area (Å²) in [5.41, 5.74) is 3.84. The van der Waals surface area contributed by atoms with Crippen molar-refractivity contribution in [1.29, 1.82) is 5.26 Å². The molecule has 150 valence electrons. The highest BCUT2D eigenvalue weighted by molar-refractivity contribution is 5.73. The highest BCUT2D eigenvalue weighted by atomic mass is 16.5. The van der Waals surface area contributed by atoms with Crippen LogP contribution < -0.4 is 9.47 Å². The molecule has 0 fully saturated rings. The van der Waals surface area contributed by atoms with Gasteiger partial charge in [-0.25, -0.2) is 0 Å². The van der Waals surface area contributed by atoms with Crippen molar-refractivity contribution in [3.63, 3.8) is 0 Å². The van der Waals surface area contributed by atoms with E-state index in [4.69, 9.17) is 14.7 Å². The summed E-state index contributed by atoms with van der Waals surface area (Å²) in [7, 11) is 0. The fourth-order valence-electron chi connectivity index (χ4n) is 3.03. The van der Waals surface area contributed by atoms with Crippen LogP contribution in [0.5, 0.6) is 11.5 Å². The van der Waals surface area contributed by atoms with Gasteiger partial charge in [-0.1, -0.05) is 18.2 Å². The summed E-state index contributed by atoms with van der Waals surface area (Å²) in [6, 6.07) is 22.4. The van der Waals surface area contributed by atoms with E-state index < -0.39 is 0 Å². The molecule has 7 heteroatoms. The van der Waals surface area contributed by atoms with Gasteiger partial charge in [0.05, 0.1) is 11.6 Å². The molecule has 0 spiro atoms. The van der Waals surface area contributed by atoms with Crippen molar-refractivity contribution in [2.45, 2.75) is 6.42 Å². The van der Waals surface area contributed by atoms with Gasteiger partial charge < -0.3 is 14.6 Å². The second-order valence-electron chi connectivity index (χ2n) is 6.59. The minimum atomic E-state index is 0.0621. The zero-order valence-corrected chi connectivity index (χ0v) is 16.2. The van der Waals surface area contributed by atoms with E-state index in [2.05, 4.69) is 16.3 Å². The van der Waals surface area contributed by atoms with Crippen molar-refractivity contribution in [2.75, 3.05) is 19.8 Å². The second kappa shape index (κ2) is 9.07. The Hall–Kier alpha value is -3.89. The van der Waals surface area contributed by atoms with Crippen LogP contribution in [0.4, 0.5) is 0 Å². The zero-order chi connectivity index (χ0) is 20.8. The summed E-state index contributed by atoms with van der Waals surface area (Å²) in [6.07, 6.45) is 0.538. The number of aliphatic hydroxyl groups is 1. The molecule has 1 heterocycles. The predicted octanol–water partition coefficient (Wildman–Crippen LogP) is 3.28. The summed E-state index contributed by atoms with van der Waals surface area (Å²) in [5.74, 6) is 1.30. The van der Waals surface area contributed by atoms with E-state index in [9.17, 15) is 5.11 Å². The average Bonchev–Trinajstić information content (AvgIpc) is 3.22. The number of nitrogens with zero attached hydrogens (tertiary/aromatic N) is 4. The van der Waals surface area contributed by atoms with Gasteiger partial charge in [0.25, 0.3) is 0 Å². The molecule has 0 saturated carbocycles. The summed E-state index contributed by atoms with van der Waals surface area (Å²) >= 11 is 0. The van der Waals surface area contributed by atoms with Gasteiger partial charge in [-0.3, -0.25) is 0 Å². The number of ether oxygens (including phenoxy) is 2. The highest BCUT2D eigenvalue weighted by Crippen LogP contribution is 2.25. The van der Waals surface area contributed by atoms with Crippen LogP contribution in [0.25, 0.3) is 16.7 Å². The Morgan fingerprint density at radius 2 is 1.60 bits per heavy atom. The SMILES string of the molecule is N#Cc1ccc(OCCOc2ccc(CCO)cc2-n2nc3ccccc3n2)cc1. The lowest BCUT2D eigenvalue weighted by Gasteiger charge is -2.13. The molecular formula is C23H20N4O3. The minimum absolute atomic E-state index is 0.0621. The molecule has 0 amide bonds. The molecule has 0 atom stereocenters. The number of aromatic nitrogens is 3. The third kappa shape index (κ3) is 4.40. The molecule has 4 rings (SSSR count). The van der Waals surface area contributed by atoms with Crippen molar-refractivity contribution in [1.82, 2.24) is 15.0 Å². The molecule has 0 saturated heterocycles. The van der Waals surface area contributed by atoms with Gasteiger partial charge in [0.1, 0.15) is 41.4 Å². The topological polar surface area (TPSA) is 93.2 Å². The molecule has 3 aromatic carbocycles. The first-order valence-electron chi connectivity index (χ1n) is 9.59. The lowest BCUT2D eigenvalue weighted by molar-refractivity contribution is 0.216. The van der Waals surface area contributed by atoms with Gasteiger partial charge in [0.15, 0.2) is 0 Å². The van der Waals surface area contributed by atoms with Gasteiger partial charge in [0, 0.05) is 6.61 Å². The van der Waals surface area contributed by atoms with Crippen molar-refractivity contribution in [3.8, 4) is 23.3 Å². The van der Waals surface area contributed by atoms with Crippen molar-refractivity contribution < 1.29 is 14.6 Å². The van der Waals surface area contributed by atoms with Gasteiger partial charge in [-0.2, -0.15) is 5.26 Å².